The number of aliphatic carboxylic acids is 7. The molecule has 0 saturated heterocycles. The largest absolute Gasteiger partial charge is 0.481 e. The molecule has 1 aliphatic heterocycles. The molecule has 11 atom stereocenters. The number of nitrogens with one attached hydrogen (secondary N) is 8. The number of H-pyrrole nitrogens is 2. The number of fused-ring (bicyclic) bond motifs is 2. The topological polar surface area (TPSA) is 640 Å². The van der Waals surface area contributed by atoms with Gasteiger partial charge in [-0.3, -0.25) is 62.2 Å². The van der Waals surface area contributed by atoms with Crippen LogP contribution in [0, 0.1) is 0 Å². The third kappa shape index (κ3) is 24.6. The van der Waals surface area contributed by atoms with Crippen LogP contribution in [0.4, 0.5) is 0 Å². The molecule has 0 saturated carbocycles. The molecule has 40 heteroatoms. The minimum Gasteiger partial charge on any atom is -0.481 e. The quantitative estimate of drug-likeness (QED) is 0.0186. The van der Waals surface area contributed by atoms with Crippen LogP contribution in [0.3, 0.4) is 0 Å². The number of phosphoric ester groups is 1. The number of aliphatic hydroxyl groups is 3. The van der Waals surface area contributed by atoms with Crippen LogP contribution in [0.25, 0.3) is 22.3 Å². The molecular formula is C49H64N9O30P. The first-order valence-electron chi connectivity index (χ1n) is 26.3. The summed E-state index contributed by atoms with van der Waals surface area (Å²) in [5, 5.41) is 110. The molecule has 6 amide bonds. The molecule has 1 aliphatic carbocycles. The molecule has 89 heavy (non-hydrogen) atoms. The summed E-state index contributed by atoms with van der Waals surface area (Å²) < 4.78 is 23.2. The number of carboxylic acid groups (broad SMARTS) is 7. The summed E-state index contributed by atoms with van der Waals surface area (Å²) in [5.41, 5.74) is -2.20. The molecule has 2 aliphatic rings. The van der Waals surface area contributed by atoms with E-state index in [1.807, 2.05) is 36.9 Å². The van der Waals surface area contributed by atoms with Gasteiger partial charge in [-0.15, -0.1) is 0 Å². The van der Waals surface area contributed by atoms with E-state index < -0.39 is 253 Å². The van der Waals surface area contributed by atoms with Crippen molar-refractivity contribution in [1.82, 2.24) is 46.4 Å². The van der Waals surface area contributed by atoms with Crippen LogP contribution >= 0.6 is 7.82 Å². The number of nitrogens with zero attached hydrogens (tertiary/aromatic N) is 1. The molecule has 490 valence electrons. The van der Waals surface area contributed by atoms with Gasteiger partial charge in [0, 0.05) is 44.6 Å². The highest BCUT2D eigenvalue weighted by Crippen LogP contribution is 2.45. The first-order valence-corrected chi connectivity index (χ1v) is 27.8. The number of pyridine rings is 1. The van der Waals surface area contributed by atoms with Crippen molar-refractivity contribution in [1.29, 1.82) is 0 Å². The van der Waals surface area contributed by atoms with Crippen LogP contribution in [0.15, 0.2) is 38.6 Å². The highest BCUT2D eigenvalue weighted by molar-refractivity contribution is 7.47. The van der Waals surface area contributed by atoms with Crippen LogP contribution in [0.5, 0.6) is 0 Å². The number of carboxylic acids is 7. The SMILES string of the molecule is C[C@H](OP(=O)(O)OC[C@@H](O)[C@@H](O)[C@@H](O)Cn1c2cc(=O)ccc-2cc2c(=O)[nH]c(=O)[nH]c21)C(=O)N[C@@H](CCC(=O)N[C@@H](CCC(=O)N[C@@H](CCC(=O)N[C@@H](CCC(=O)N[C@@H](CCC(=O)N[C@@H](CCC(=O)O)C(=O)O)C(=O)O)C(=O)O)C(=O)O)C(=O)O)C(=O)O. The summed E-state index contributed by atoms with van der Waals surface area (Å²) in [4.78, 5) is 209. The van der Waals surface area contributed by atoms with Gasteiger partial charge < -0.3 is 92.4 Å². The van der Waals surface area contributed by atoms with Crippen molar-refractivity contribution in [2.75, 3.05) is 6.61 Å². The standard InChI is InChI=1S/C49H64N9O30P/c1-20(88-89(85,86)87-19-32(61)39(69)31(60)18-58-30-17-22(59)3-2-21(30)16-23-40(58)56-49(84)57-42(23)71)41(70)55-29(48(82)83)8-14-37(66)53-27(46(78)79)6-12-35(64)51-25(44(74)75)4-10-33(62)50-24(43(72)73)5-11-34(63)52-26(45(76)77)7-13-36(65)54-28(47(80)81)9-15-38(67)68/h2-3,16-17,20,24-29,31-32,39,60-61,69H,4-15,18-19H2,1H3,(H,50,62)(H,51,64)(H,52,63)(H,53,66)(H,54,65)(H,55,70)(H,67,68)(H,72,73)(H,74,75)(H,76,77)(H,78,79)(H,80,81)(H,82,83)(H,85,86)(H2,56,57,71,84)/t20-,24-,25-,26-,27-,28-,29-,31-,32+,39-/m0/s1. The number of aliphatic hydroxyl groups excluding tert-OH is 3. The lowest BCUT2D eigenvalue weighted by atomic mass is 10.0. The molecule has 2 heterocycles. The molecule has 1 unspecified atom stereocenters. The van der Waals surface area contributed by atoms with Crippen LogP contribution < -0.4 is 48.6 Å². The average molecular weight is 1290 g/mol. The van der Waals surface area contributed by atoms with E-state index in [1.165, 1.54) is 18.2 Å². The summed E-state index contributed by atoms with van der Waals surface area (Å²) in [5.74, 6) is -18.4. The second kappa shape index (κ2) is 34.1. The van der Waals surface area contributed by atoms with Crippen molar-refractivity contribution < 1.29 is 132 Å². The number of hydrogen-bond donors (Lipinski definition) is 19. The van der Waals surface area contributed by atoms with Gasteiger partial charge in [-0.2, -0.15) is 0 Å². The monoisotopic (exact) mass is 1290 g/mol. The number of rotatable bonds is 40. The number of amides is 6. The Kier molecular flexibility index (Phi) is 28.3. The number of aromatic amines is 2. The van der Waals surface area contributed by atoms with Gasteiger partial charge in [-0.1, -0.05) is 0 Å². The van der Waals surface area contributed by atoms with Gasteiger partial charge in [0.1, 0.15) is 66.3 Å². The maximum Gasteiger partial charge on any atom is 0.473 e. The molecule has 0 aromatic carbocycles. The van der Waals surface area contributed by atoms with E-state index >= 15 is 0 Å². The molecular weight excluding hydrogens is 1230 g/mol. The van der Waals surface area contributed by atoms with E-state index in [9.17, 15) is 132 Å². The predicted molar refractivity (Wildman–Crippen MR) is 291 cm³/mol. The van der Waals surface area contributed by atoms with Crippen molar-refractivity contribution in [2.45, 2.75) is 151 Å². The van der Waals surface area contributed by atoms with Crippen LogP contribution in [-0.4, -0.2) is 215 Å². The third-order valence-corrected chi connectivity index (χ3v) is 13.8. The Morgan fingerprint density at radius 3 is 1.27 bits per heavy atom. The van der Waals surface area contributed by atoms with E-state index in [0.717, 1.165) is 17.6 Å². The Morgan fingerprint density at radius 1 is 0.528 bits per heavy atom. The Balaban J connectivity index is 1.46. The number of benzene rings is 1. The van der Waals surface area contributed by atoms with Crippen LogP contribution in [0.1, 0.15) is 84.0 Å². The van der Waals surface area contributed by atoms with Gasteiger partial charge in [-0.05, 0) is 69.2 Å². The molecule has 0 radical (unpaired) electrons. The normalized spacial score (nSPS) is 15.3. The molecule has 19 N–H and O–H groups in total. The second-order valence-electron chi connectivity index (χ2n) is 19.6. The van der Waals surface area contributed by atoms with Gasteiger partial charge in [0.2, 0.25) is 35.4 Å². The van der Waals surface area contributed by atoms with E-state index in [2.05, 4.69) is 9.51 Å². The van der Waals surface area contributed by atoms with Crippen molar-refractivity contribution in [3.63, 3.8) is 0 Å². The number of carbonyl (C=O) groups is 13. The third-order valence-electron chi connectivity index (χ3n) is 12.8. The predicted octanol–water partition coefficient (Wildman–Crippen LogP) is -5.73. The fourth-order valence-corrected chi connectivity index (χ4v) is 8.98. The molecule has 39 nitrogen and oxygen atoms in total. The van der Waals surface area contributed by atoms with Gasteiger partial charge in [0.05, 0.1) is 24.2 Å². The number of phosphoric acid groups is 1. The van der Waals surface area contributed by atoms with E-state index in [-0.39, 0.29) is 22.3 Å². The molecule has 0 fully saturated rings. The fraction of sp³-hybridized carbons (Fsp3) is 0.510. The summed E-state index contributed by atoms with van der Waals surface area (Å²) in [6, 6.07) is -5.95. The maximum absolute atomic E-state index is 12.9. The first-order chi connectivity index (χ1) is 41.5. The Bertz CT molecular complexity index is 3350. The zero-order chi connectivity index (χ0) is 67.2. The summed E-state index contributed by atoms with van der Waals surface area (Å²) >= 11 is 0. The van der Waals surface area contributed by atoms with Crippen molar-refractivity contribution >= 4 is 96.1 Å². The summed E-state index contributed by atoms with van der Waals surface area (Å²) in [6.45, 7) is -1.13. The van der Waals surface area contributed by atoms with Crippen molar-refractivity contribution in [3.8, 4) is 11.3 Å². The lowest BCUT2D eigenvalue weighted by molar-refractivity contribution is -0.144. The first kappa shape index (κ1) is 73.7. The molecule has 0 spiro atoms. The van der Waals surface area contributed by atoms with Crippen molar-refractivity contribution in [2.24, 2.45) is 0 Å². The lowest BCUT2D eigenvalue weighted by Gasteiger charge is -2.26. The minimum absolute atomic E-state index is 0.0710. The van der Waals surface area contributed by atoms with E-state index in [1.54, 1.807) is 0 Å². The molecule has 1 aromatic heterocycles. The zero-order valence-corrected chi connectivity index (χ0v) is 47.4. The van der Waals surface area contributed by atoms with Gasteiger partial charge in [0.15, 0.2) is 5.43 Å². The fourth-order valence-electron chi connectivity index (χ4n) is 8.09. The van der Waals surface area contributed by atoms with Gasteiger partial charge >= 0.3 is 55.3 Å². The Hall–Kier alpha value is -9.53. The number of carbonyl (C=O) groups excluding carboxylic acids is 6. The van der Waals surface area contributed by atoms with Crippen LogP contribution in [0.2, 0.25) is 0 Å². The molecule has 3 rings (SSSR count). The molecule has 0 bridgehead atoms. The smallest absolute Gasteiger partial charge is 0.473 e. The highest BCUT2D eigenvalue weighted by atomic mass is 31.2. The van der Waals surface area contributed by atoms with E-state index in [4.69, 9.17) is 9.63 Å². The zero-order valence-electron chi connectivity index (χ0n) is 46.6. The Morgan fingerprint density at radius 2 is 0.899 bits per heavy atom. The number of hydrogen-bond acceptors (Lipinski definition) is 22. The van der Waals surface area contributed by atoms with Crippen molar-refractivity contribution in [3.05, 3.63) is 55.3 Å². The van der Waals surface area contributed by atoms with Crippen LogP contribution in [-0.2, 0) is 82.5 Å². The van der Waals surface area contributed by atoms with Gasteiger partial charge in [-0.25, -0.2) is 38.1 Å². The molecule has 1 aromatic rings. The Labute approximate surface area is 497 Å². The average Bonchev–Trinajstić information content (AvgIpc) is 1.39. The summed E-state index contributed by atoms with van der Waals surface area (Å²) in [6.07, 6.45) is -16.7. The summed E-state index contributed by atoms with van der Waals surface area (Å²) in [7, 11) is -5.40. The maximum atomic E-state index is 12.9. The number of aromatic nitrogens is 3. The van der Waals surface area contributed by atoms with Gasteiger partial charge in [0.25, 0.3) is 5.56 Å². The lowest BCUT2D eigenvalue weighted by Crippen LogP contribution is -2.47. The van der Waals surface area contributed by atoms with E-state index in [0.29, 0.717) is 0 Å². The highest BCUT2D eigenvalue weighted by Gasteiger charge is 2.35. The second-order valence-corrected chi connectivity index (χ2v) is 21.0. The minimum atomic E-state index is -5.40.